The van der Waals surface area contributed by atoms with Crippen molar-refractivity contribution in [2.24, 2.45) is 5.92 Å². The lowest BCUT2D eigenvalue weighted by molar-refractivity contribution is -0.144. The second-order valence-corrected chi connectivity index (χ2v) is 7.24. The summed E-state index contributed by atoms with van der Waals surface area (Å²) in [5, 5.41) is 9.05. The van der Waals surface area contributed by atoms with E-state index in [1.54, 1.807) is 6.92 Å². The van der Waals surface area contributed by atoms with Gasteiger partial charge >= 0.3 is 12.1 Å². The molecule has 128 valence electrons. The van der Waals surface area contributed by atoms with E-state index < -0.39 is 44.7 Å². The summed E-state index contributed by atoms with van der Waals surface area (Å²) in [7, 11) is -4.50. The number of rotatable bonds is 3. The van der Waals surface area contributed by atoms with Crippen LogP contribution in [0.2, 0.25) is 0 Å². The van der Waals surface area contributed by atoms with Gasteiger partial charge in [0.25, 0.3) is 0 Å². The highest BCUT2D eigenvalue weighted by atomic mass is 32.2. The molecule has 0 aromatic carbocycles. The van der Waals surface area contributed by atoms with Gasteiger partial charge < -0.3 is 5.11 Å². The lowest BCUT2D eigenvalue weighted by Gasteiger charge is -2.35. The van der Waals surface area contributed by atoms with Crippen LogP contribution in [0.5, 0.6) is 0 Å². The van der Waals surface area contributed by atoms with Crippen molar-refractivity contribution in [3.8, 4) is 0 Å². The van der Waals surface area contributed by atoms with Gasteiger partial charge in [-0.1, -0.05) is 0 Å². The Bertz CT molecular complexity index is 705. The number of halogens is 3. The number of hydrogen-bond acceptors (Lipinski definition) is 4. The minimum atomic E-state index is -4.92. The van der Waals surface area contributed by atoms with Gasteiger partial charge in [0.15, 0.2) is 5.69 Å². The normalized spacial score (nSPS) is 23.7. The van der Waals surface area contributed by atoms with Gasteiger partial charge in [0.2, 0.25) is 10.0 Å². The van der Waals surface area contributed by atoms with Crippen LogP contribution in [0.15, 0.2) is 23.2 Å². The van der Waals surface area contributed by atoms with Crippen LogP contribution in [0, 0.1) is 5.92 Å². The summed E-state index contributed by atoms with van der Waals surface area (Å²) in [5.41, 5.74) is -1.50. The van der Waals surface area contributed by atoms with Crippen LogP contribution in [-0.4, -0.2) is 41.4 Å². The summed E-state index contributed by atoms with van der Waals surface area (Å²) >= 11 is 0. The Morgan fingerprint density at radius 1 is 1.39 bits per heavy atom. The molecule has 0 amide bonds. The first-order valence-corrected chi connectivity index (χ1v) is 8.26. The van der Waals surface area contributed by atoms with E-state index in [9.17, 15) is 26.4 Å². The van der Waals surface area contributed by atoms with Gasteiger partial charge in [-0.2, -0.15) is 17.5 Å². The minimum Gasteiger partial charge on any atom is -0.481 e. The lowest BCUT2D eigenvalue weighted by atomic mass is 9.96. The van der Waals surface area contributed by atoms with E-state index >= 15 is 0 Å². The fourth-order valence-corrected chi connectivity index (χ4v) is 4.42. The molecule has 1 aromatic rings. The van der Waals surface area contributed by atoms with E-state index in [2.05, 4.69) is 4.98 Å². The molecule has 1 aliphatic rings. The maximum atomic E-state index is 13.0. The van der Waals surface area contributed by atoms with Crippen LogP contribution < -0.4 is 0 Å². The number of carboxylic acid groups (broad SMARTS) is 1. The number of aliphatic carboxylic acids is 1. The Kier molecular flexibility index (Phi) is 4.67. The van der Waals surface area contributed by atoms with Crippen molar-refractivity contribution in [2.75, 3.05) is 6.54 Å². The molecule has 6 nitrogen and oxygen atoms in total. The monoisotopic (exact) mass is 352 g/mol. The van der Waals surface area contributed by atoms with E-state index in [0.717, 1.165) is 22.6 Å². The molecule has 10 heteroatoms. The first-order valence-electron chi connectivity index (χ1n) is 6.82. The Morgan fingerprint density at radius 2 is 2.04 bits per heavy atom. The van der Waals surface area contributed by atoms with Crippen LogP contribution in [0.1, 0.15) is 25.5 Å². The van der Waals surface area contributed by atoms with Gasteiger partial charge in [0.05, 0.1) is 5.92 Å². The third-order valence-electron chi connectivity index (χ3n) is 3.80. The Labute approximate surface area is 131 Å². The smallest absolute Gasteiger partial charge is 0.434 e. The molecule has 1 aliphatic heterocycles. The first-order chi connectivity index (χ1) is 10.5. The van der Waals surface area contributed by atoms with E-state index in [1.165, 1.54) is 0 Å². The zero-order valence-electron chi connectivity index (χ0n) is 12.1. The van der Waals surface area contributed by atoms with Gasteiger partial charge in [0.1, 0.15) is 4.90 Å². The molecule has 0 saturated carbocycles. The zero-order chi connectivity index (χ0) is 17.4. The van der Waals surface area contributed by atoms with Crippen molar-refractivity contribution in [2.45, 2.75) is 36.9 Å². The third kappa shape index (κ3) is 3.47. The number of sulfonamides is 1. The van der Waals surface area contributed by atoms with Crippen molar-refractivity contribution in [3.63, 3.8) is 0 Å². The van der Waals surface area contributed by atoms with Gasteiger partial charge in [-0.25, -0.2) is 8.42 Å². The number of aromatic nitrogens is 1. The molecule has 0 radical (unpaired) electrons. The minimum absolute atomic E-state index is 0.262. The van der Waals surface area contributed by atoms with Gasteiger partial charge in [-0.3, -0.25) is 9.78 Å². The van der Waals surface area contributed by atoms with Crippen molar-refractivity contribution >= 4 is 16.0 Å². The molecule has 0 aliphatic carbocycles. The highest BCUT2D eigenvalue weighted by molar-refractivity contribution is 7.89. The van der Waals surface area contributed by atoms with Gasteiger partial charge in [0, 0.05) is 18.8 Å². The summed E-state index contributed by atoms with van der Waals surface area (Å²) in [6.45, 7) is 1.18. The highest BCUT2D eigenvalue weighted by Crippen LogP contribution is 2.35. The number of hydrogen-bond donors (Lipinski definition) is 1. The molecule has 1 N–H and O–H groups in total. The molecule has 1 fully saturated rings. The van der Waals surface area contributed by atoms with E-state index in [1.807, 2.05) is 0 Å². The summed E-state index contributed by atoms with van der Waals surface area (Å²) in [4.78, 5) is 13.3. The molecule has 2 heterocycles. The molecule has 2 rings (SSSR count). The quantitative estimate of drug-likeness (QED) is 0.899. The second kappa shape index (κ2) is 6.08. The summed E-state index contributed by atoms with van der Waals surface area (Å²) < 4.78 is 65.1. The van der Waals surface area contributed by atoms with E-state index in [-0.39, 0.29) is 19.4 Å². The fourth-order valence-electron chi connectivity index (χ4n) is 2.55. The molecular weight excluding hydrogens is 337 g/mol. The van der Waals surface area contributed by atoms with Crippen molar-refractivity contribution in [1.29, 1.82) is 0 Å². The van der Waals surface area contributed by atoms with Crippen LogP contribution in [-0.2, 0) is 21.0 Å². The predicted molar refractivity (Wildman–Crippen MR) is 73.0 cm³/mol. The molecule has 0 spiro atoms. The largest absolute Gasteiger partial charge is 0.481 e. The van der Waals surface area contributed by atoms with Crippen LogP contribution >= 0.6 is 0 Å². The third-order valence-corrected chi connectivity index (χ3v) is 5.81. The molecule has 2 atom stereocenters. The number of carboxylic acids is 1. The maximum absolute atomic E-state index is 13.0. The number of alkyl halides is 3. The number of nitrogens with zero attached hydrogens (tertiary/aromatic N) is 2. The van der Waals surface area contributed by atoms with Crippen LogP contribution in [0.4, 0.5) is 13.2 Å². The Morgan fingerprint density at radius 3 is 2.61 bits per heavy atom. The second-order valence-electron chi connectivity index (χ2n) is 5.38. The summed E-state index contributed by atoms with van der Waals surface area (Å²) in [5.74, 6) is -2.11. The lowest BCUT2D eigenvalue weighted by Crippen LogP contribution is -2.47. The number of pyridine rings is 1. The zero-order valence-corrected chi connectivity index (χ0v) is 12.9. The molecule has 1 aromatic heterocycles. The summed E-state index contributed by atoms with van der Waals surface area (Å²) in [6.07, 6.45) is -3.52. The molecule has 0 bridgehead atoms. The predicted octanol–water partition coefficient (Wildman–Crippen LogP) is 1.97. The molecular formula is C13H15F3N2O4S. The fraction of sp³-hybridized carbons (Fsp3) is 0.538. The Balaban J connectivity index is 2.48. The molecule has 23 heavy (non-hydrogen) atoms. The van der Waals surface area contributed by atoms with Gasteiger partial charge in [-0.05, 0) is 31.9 Å². The number of carbonyl (C=O) groups is 1. The van der Waals surface area contributed by atoms with E-state index in [0.29, 0.717) is 0 Å². The molecule has 2 unspecified atom stereocenters. The van der Waals surface area contributed by atoms with Crippen molar-refractivity contribution in [1.82, 2.24) is 9.29 Å². The topological polar surface area (TPSA) is 87.6 Å². The highest BCUT2D eigenvalue weighted by Gasteiger charge is 2.43. The van der Waals surface area contributed by atoms with Crippen molar-refractivity contribution in [3.05, 3.63) is 24.0 Å². The van der Waals surface area contributed by atoms with Crippen LogP contribution in [0.3, 0.4) is 0 Å². The summed E-state index contributed by atoms with van der Waals surface area (Å²) in [6, 6.07) is 1.35. The van der Waals surface area contributed by atoms with Crippen LogP contribution in [0.25, 0.3) is 0 Å². The van der Waals surface area contributed by atoms with E-state index in [4.69, 9.17) is 5.11 Å². The van der Waals surface area contributed by atoms with Gasteiger partial charge in [-0.15, -0.1) is 0 Å². The standard InChI is InChI=1S/C13H15F3N2O4S/c1-8-4-5-9(12(19)20)7-18(8)23(21,22)10-3-2-6-17-11(10)13(14,15)16/h2-3,6,8-9H,4-5,7H2,1H3,(H,19,20). The van der Waals surface area contributed by atoms with Crippen molar-refractivity contribution < 1.29 is 31.5 Å². The Hall–Kier alpha value is -1.68. The average molecular weight is 352 g/mol. The maximum Gasteiger partial charge on any atom is 0.434 e. The average Bonchev–Trinajstić information content (AvgIpc) is 2.46. The number of piperidine rings is 1. The first kappa shape index (κ1) is 17.7. The SMILES string of the molecule is CC1CCC(C(=O)O)CN1S(=O)(=O)c1cccnc1C(F)(F)F. The molecule has 1 saturated heterocycles.